The maximum atomic E-state index is 13.6. The van der Waals surface area contributed by atoms with E-state index in [9.17, 15) is 9.18 Å². The number of ether oxygens (including phenoxy) is 1. The lowest BCUT2D eigenvalue weighted by molar-refractivity contribution is 0.1000. The van der Waals surface area contributed by atoms with E-state index in [1.54, 1.807) is 18.7 Å². The van der Waals surface area contributed by atoms with Crippen LogP contribution in [0.15, 0.2) is 16.9 Å². The molecule has 4 nitrogen and oxygen atoms in total. The first-order valence-corrected chi connectivity index (χ1v) is 8.07. The number of hydrogen-bond donors (Lipinski definition) is 1. The van der Waals surface area contributed by atoms with Crippen molar-refractivity contribution in [2.45, 2.75) is 30.8 Å². The Balaban J connectivity index is 1.85. The van der Waals surface area contributed by atoms with Crippen LogP contribution in [0.4, 0.5) is 4.39 Å². The summed E-state index contributed by atoms with van der Waals surface area (Å²) in [6, 6.07) is 2.80. The number of nitrogens with one attached hydrogen (secondary N) is 1. The zero-order valence-electron chi connectivity index (χ0n) is 11.8. The van der Waals surface area contributed by atoms with Crippen LogP contribution in [0.3, 0.4) is 0 Å². The largest absolute Gasteiger partial charge is 0.381 e. The highest BCUT2D eigenvalue weighted by Crippen LogP contribution is 2.25. The molecule has 1 N–H and O–H groups in total. The number of thioether (sulfide) groups is 1. The fraction of sp³-hybridized carbons (Fsp3) is 0.467. The quantitative estimate of drug-likeness (QED) is 0.947. The molecule has 1 aromatic heterocycles. The van der Waals surface area contributed by atoms with Crippen LogP contribution in [0.25, 0.3) is 10.9 Å². The molecule has 0 atom stereocenters. The highest BCUT2D eigenvalue weighted by molar-refractivity contribution is 7.99. The fourth-order valence-electron chi connectivity index (χ4n) is 2.47. The van der Waals surface area contributed by atoms with Crippen LogP contribution in [-0.4, -0.2) is 28.4 Å². The average molecular weight is 308 g/mol. The minimum atomic E-state index is -0.330. The topological polar surface area (TPSA) is 55.0 Å². The lowest BCUT2D eigenvalue weighted by Crippen LogP contribution is -2.18. The lowest BCUT2D eigenvalue weighted by atomic mass is 10.1. The smallest absolute Gasteiger partial charge is 0.258 e. The van der Waals surface area contributed by atoms with Crippen molar-refractivity contribution in [1.82, 2.24) is 9.97 Å². The molecule has 1 aliphatic heterocycles. The van der Waals surface area contributed by atoms with E-state index in [4.69, 9.17) is 4.74 Å². The molecule has 1 aliphatic rings. The Labute approximate surface area is 126 Å². The van der Waals surface area contributed by atoms with Crippen LogP contribution in [-0.2, 0) is 10.5 Å². The van der Waals surface area contributed by atoms with Gasteiger partial charge in [-0.05, 0) is 31.9 Å². The van der Waals surface area contributed by atoms with Crippen molar-refractivity contribution in [3.05, 3.63) is 39.7 Å². The molecule has 0 unspecified atom stereocenters. The second-order valence-corrected chi connectivity index (χ2v) is 6.49. The van der Waals surface area contributed by atoms with Crippen molar-refractivity contribution in [3.8, 4) is 0 Å². The van der Waals surface area contributed by atoms with E-state index in [0.717, 1.165) is 26.1 Å². The van der Waals surface area contributed by atoms with Gasteiger partial charge in [0.2, 0.25) is 0 Å². The molecule has 2 aromatic rings. The Hall–Kier alpha value is -1.40. The first kappa shape index (κ1) is 14.5. The average Bonchev–Trinajstić information content (AvgIpc) is 2.50. The van der Waals surface area contributed by atoms with Gasteiger partial charge in [0.1, 0.15) is 11.6 Å². The van der Waals surface area contributed by atoms with E-state index in [2.05, 4.69) is 9.97 Å². The maximum Gasteiger partial charge on any atom is 0.258 e. The van der Waals surface area contributed by atoms with Crippen LogP contribution >= 0.6 is 11.8 Å². The zero-order valence-corrected chi connectivity index (χ0v) is 12.6. The predicted molar refractivity (Wildman–Crippen MR) is 82.2 cm³/mol. The first-order valence-electron chi connectivity index (χ1n) is 7.02. The summed E-state index contributed by atoms with van der Waals surface area (Å²) in [5, 5.41) is 0.974. The number of H-pyrrole nitrogens is 1. The molecular weight excluding hydrogens is 291 g/mol. The summed E-state index contributed by atoms with van der Waals surface area (Å²) in [4.78, 5) is 19.3. The van der Waals surface area contributed by atoms with E-state index in [1.807, 2.05) is 0 Å². The molecule has 3 rings (SSSR count). The monoisotopic (exact) mass is 308 g/mol. The lowest BCUT2D eigenvalue weighted by Gasteiger charge is -2.21. The molecule has 1 aromatic carbocycles. The first-order chi connectivity index (χ1) is 10.1. The van der Waals surface area contributed by atoms with E-state index < -0.39 is 0 Å². The van der Waals surface area contributed by atoms with E-state index in [1.165, 1.54) is 12.1 Å². The van der Waals surface area contributed by atoms with Gasteiger partial charge in [-0.1, -0.05) is 0 Å². The molecule has 0 saturated carbocycles. The number of rotatable bonds is 3. The van der Waals surface area contributed by atoms with Crippen molar-refractivity contribution >= 4 is 22.7 Å². The molecule has 0 aliphatic carbocycles. The number of benzene rings is 1. The van der Waals surface area contributed by atoms with Gasteiger partial charge in [-0.2, -0.15) is 11.8 Å². The SMILES string of the molecule is Cc1c(F)ccc2c(=O)[nH]c(CSC3CCOCC3)nc12. The van der Waals surface area contributed by atoms with Crippen molar-refractivity contribution in [3.63, 3.8) is 0 Å². The van der Waals surface area contributed by atoms with Gasteiger partial charge >= 0.3 is 0 Å². The number of halogens is 1. The molecule has 6 heteroatoms. The number of hydrogen-bond acceptors (Lipinski definition) is 4. The zero-order chi connectivity index (χ0) is 14.8. The Morgan fingerprint density at radius 3 is 2.95 bits per heavy atom. The molecule has 2 heterocycles. The van der Waals surface area contributed by atoms with Crippen LogP contribution < -0.4 is 5.56 Å². The van der Waals surface area contributed by atoms with Gasteiger partial charge in [0.25, 0.3) is 5.56 Å². The van der Waals surface area contributed by atoms with Gasteiger partial charge < -0.3 is 9.72 Å². The van der Waals surface area contributed by atoms with Gasteiger partial charge in [0.05, 0.1) is 16.7 Å². The van der Waals surface area contributed by atoms with Crippen molar-refractivity contribution < 1.29 is 9.13 Å². The second kappa shape index (κ2) is 6.15. The molecule has 0 spiro atoms. The van der Waals surface area contributed by atoms with Crippen molar-refractivity contribution in [1.29, 1.82) is 0 Å². The third-order valence-electron chi connectivity index (χ3n) is 3.74. The number of aryl methyl sites for hydroxylation is 1. The summed E-state index contributed by atoms with van der Waals surface area (Å²) in [6.07, 6.45) is 2.05. The summed E-state index contributed by atoms with van der Waals surface area (Å²) < 4.78 is 18.9. The van der Waals surface area contributed by atoms with Crippen LogP contribution in [0.1, 0.15) is 24.2 Å². The summed E-state index contributed by atoms with van der Waals surface area (Å²) >= 11 is 1.77. The normalized spacial score (nSPS) is 16.5. The summed E-state index contributed by atoms with van der Waals surface area (Å²) in [5.41, 5.74) is 0.683. The van der Waals surface area contributed by atoms with Crippen molar-refractivity contribution in [2.75, 3.05) is 13.2 Å². The number of aromatic nitrogens is 2. The third kappa shape index (κ3) is 3.11. The molecule has 21 heavy (non-hydrogen) atoms. The third-order valence-corrected chi connectivity index (χ3v) is 5.12. The van der Waals surface area contributed by atoms with Gasteiger partial charge in [-0.3, -0.25) is 4.79 Å². The maximum absolute atomic E-state index is 13.6. The molecule has 0 radical (unpaired) electrons. The van der Waals surface area contributed by atoms with Crippen LogP contribution in [0, 0.1) is 12.7 Å². The van der Waals surface area contributed by atoms with Crippen LogP contribution in [0.5, 0.6) is 0 Å². The minimum absolute atomic E-state index is 0.203. The van der Waals surface area contributed by atoms with Crippen molar-refractivity contribution in [2.24, 2.45) is 0 Å². The van der Waals surface area contributed by atoms with Crippen LogP contribution in [0.2, 0.25) is 0 Å². The number of fused-ring (bicyclic) bond motifs is 1. The predicted octanol–water partition coefficient (Wildman–Crippen LogP) is 2.78. The second-order valence-electron chi connectivity index (χ2n) is 5.20. The van der Waals surface area contributed by atoms with E-state index in [-0.39, 0.29) is 11.4 Å². The number of aromatic amines is 1. The Kier molecular flexibility index (Phi) is 4.26. The Morgan fingerprint density at radius 2 is 2.19 bits per heavy atom. The van der Waals surface area contributed by atoms with Gasteiger partial charge in [-0.15, -0.1) is 0 Å². The standard InChI is InChI=1S/C15H17FN2O2S/c1-9-12(16)3-2-11-14(9)17-13(18-15(11)19)8-21-10-4-6-20-7-5-10/h2-3,10H,4-8H2,1H3,(H,17,18,19). The fourth-order valence-corrected chi connectivity index (χ4v) is 3.53. The minimum Gasteiger partial charge on any atom is -0.381 e. The van der Waals surface area contributed by atoms with E-state index in [0.29, 0.717) is 33.3 Å². The highest BCUT2D eigenvalue weighted by atomic mass is 32.2. The van der Waals surface area contributed by atoms with Gasteiger partial charge in [0, 0.05) is 24.0 Å². The molecular formula is C15H17FN2O2S. The molecule has 1 fully saturated rings. The summed E-state index contributed by atoms with van der Waals surface area (Å²) in [7, 11) is 0. The number of nitrogens with zero attached hydrogens (tertiary/aromatic N) is 1. The molecule has 112 valence electrons. The highest BCUT2D eigenvalue weighted by Gasteiger charge is 2.15. The Morgan fingerprint density at radius 1 is 1.43 bits per heavy atom. The van der Waals surface area contributed by atoms with E-state index >= 15 is 0 Å². The summed E-state index contributed by atoms with van der Waals surface area (Å²) in [6.45, 7) is 3.24. The van der Waals surface area contributed by atoms with Gasteiger partial charge in [0.15, 0.2) is 0 Å². The molecule has 0 amide bonds. The Bertz CT molecular complexity index is 711. The summed E-state index contributed by atoms with van der Waals surface area (Å²) in [5.74, 6) is 0.910. The molecule has 1 saturated heterocycles. The molecule has 0 bridgehead atoms. The van der Waals surface area contributed by atoms with Gasteiger partial charge in [-0.25, -0.2) is 9.37 Å².